The smallest absolute Gasteiger partial charge is 0.404 e. The first-order valence-electron chi connectivity index (χ1n) is 7.46. The number of benzene rings is 1. The van der Waals surface area contributed by atoms with Crippen molar-refractivity contribution in [2.24, 2.45) is 5.73 Å². The zero-order valence-electron chi connectivity index (χ0n) is 12.9. The summed E-state index contributed by atoms with van der Waals surface area (Å²) in [6.45, 7) is 4.64. The van der Waals surface area contributed by atoms with Crippen molar-refractivity contribution >= 4 is 34.3 Å². The van der Waals surface area contributed by atoms with Crippen molar-refractivity contribution in [3.8, 4) is 0 Å². The monoisotopic (exact) mass is 327 g/mol. The Kier molecular flexibility index (Phi) is 4.28. The second-order valence-corrected chi connectivity index (χ2v) is 5.46. The first-order valence-corrected chi connectivity index (χ1v) is 7.46. The molecule has 0 saturated carbocycles. The third-order valence-electron chi connectivity index (χ3n) is 3.82. The number of hydrogen-bond acceptors (Lipinski definition) is 6. The van der Waals surface area contributed by atoms with Crippen molar-refractivity contribution in [1.82, 2.24) is 10.2 Å². The van der Waals surface area contributed by atoms with Crippen molar-refractivity contribution in [1.29, 1.82) is 0 Å². The number of amides is 2. The molecule has 0 bridgehead atoms. The fourth-order valence-corrected chi connectivity index (χ4v) is 2.76. The van der Waals surface area contributed by atoms with Gasteiger partial charge >= 0.3 is 6.09 Å². The number of nitrogens with zero attached hydrogens (tertiary/aromatic N) is 3. The molecule has 24 heavy (non-hydrogen) atoms. The van der Waals surface area contributed by atoms with E-state index in [2.05, 4.69) is 22.1 Å². The molecule has 124 valence electrons. The molecule has 1 saturated heterocycles. The van der Waals surface area contributed by atoms with Crippen LogP contribution in [0.2, 0.25) is 0 Å². The average molecular weight is 327 g/mol. The standard InChI is InChI=1S/C16H17N5O3/c1-2-14(22)19-11-3-4-13-10(7-11)8-18-20-15(13)21-6-5-12(9-21)24-16(17)23/h2-4,7-8,12H,1,5-6,9H2,(H2,17,23)(H,19,22). The number of anilines is 2. The summed E-state index contributed by atoms with van der Waals surface area (Å²) < 4.78 is 5.04. The lowest BCUT2D eigenvalue weighted by Crippen LogP contribution is -2.27. The fourth-order valence-electron chi connectivity index (χ4n) is 2.76. The molecule has 0 spiro atoms. The molecule has 8 nitrogen and oxygen atoms in total. The van der Waals surface area contributed by atoms with Crippen LogP contribution in [0.3, 0.4) is 0 Å². The van der Waals surface area contributed by atoms with Gasteiger partial charge in [-0.2, -0.15) is 5.10 Å². The van der Waals surface area contributed by atoms with Crippen LogP contribution in [0.25, 0.3) is 10.8 Å². The van der Waals surface area contributed by atoms with E-state index >= 15 is 0 Å². The molecule has 8 heteroatoms. The van der Waals surface area contributed by atoms with E-state index in [9.17, 15) is 9.59 Å². The van der Waals surface area contributed by atoms with Crippen LogP contribution >= 0.6 is 0 Å². The maximum absolute atomic E-state index is 11.4. The quantitative estimate of drug-likeness (QED) is 0.822. The number of rotatable bonds is 4. The van der Waals surface area contributed by atoms with Gasteiger partial charge in [-0.25, -0.2) is 4.79 Å². The van der Waals surface area contributed by atoms with Gasteiger partial charge in [-0.05, 0) is 24.3 Å². The van der Waals surface area contributed by atoms with Gasteiger partial charge in [0, 0.05) is 29.4 Å². The molecule has 2 heterocycles. The molecule has 2 aromatic rings. The van der Waals surface area contributed by atoms with Gasteiger partial charge in [-0.1, -0.05) is 6.58 Å². The molecule has 1 aliphatic rings. The highest BCUT2D eigenvalue weighted by Gasteiger charge is 2.27. The summed E-state index contributed by atoms with van der Waals surface area (Å²) in [5, 5.41) is 12.7. The van der Waals surface area contributed by atoms with Crippen LogP contribution in [-0.2, 0) is 9.53 Å². The predicted molar refractivity (Wildman–Crippen MR) is 89.7 cm³/mol. The van der Waals surface area contributed by atoms with Crippen LogP contribution in [0.15, 0.2) is 37.1 Å². The molecule has 1 aliphatic heterocycles. The van der Waals surface area contributed by atoms with Gasteiger partial charge in [0.05, 0.1) is 12.7 Å². The third-order valence-corrected chi connectivity index (χ3v) is 3.82. The molecule has 1 atom stereocenters. The van der Waals surface area contributed by atoms with E-state index in [0.717, 1.165) is 10.8 Å². The fraction of sp³-hybridized carbons (Fsp3) is 0.250. The van der Waals surface area contributed by atoms with Crippen molar-refractivity contribution in [3.63, 3.8) is 0 Å². The number of nitrogens with two attached hydrogens (primary N) is 1. The first kappa shape index (κ1) is 15.7. The molecule has 1 fully saturated rings. The summed E-state index contributed by atoms with van der Waals surface area (Å²) >= 11 is 0. The number of primary amides is 1. The lowest BCUT2D eigenvalue weighted by atomic mass is 10.1. The van der Waals surface area contributed by atoms with Crippen molar-refractivity contribution < 1.29 is 14.3 Å². The van der Waals surface area contributed by atoms with Gasteiger partial charge in [0.15, 0.2) is 5.82 Å². The minimum absolute atomic E-state index is 0.245. The van der Waals surface area contributed by atoms with Gasteiger partial charge in [0.1, 0.15) is 6.10 Å². The van der Waals surface area contributed by atoms with Crippen molar-refractivity contribution in [2.75, 3.05) is 23.3 Å². The molecule has 0 radical (unpaired) electrons. The van der Waals surface area contributed by atoms with E-state index in [4.69, 9.17) is 10.5 Å². The second kappa shape index (κ2) is 6.53. The molecule has 1 aromatic carbocycles. The number of fused-ring (bicyclic) bond motifs is 1. The Hall–Kier alpha value is -3.16. The van der Waals surface area contributed by atoms with Gasteiger partial charge in [0.2, 0.25) is 5.91 Å². The molecule has 3 N–H and O–H groups in total. The summed E-state index contributed by atoms with van der Waals surface area (Å²) in [5.74, 6) is 0.437. The maximum Gasteiger partial charge on any atom is 0.404 e. The van der Waals surface area contributed by atoms with Crippen molar-refractivity contribution in [3.05, 3.63) is 37.1 Å². The van der Waals surface area contributed by atoms with E-state index in [1.807, 2.05) is 17.0 Å². The summed E-state index contributed by atoms with van der Waals surface area (Å²) in [4.78, 5) is 24.3. The Balaban J connectivity index is 1.85. The highest BCUT2D eigenvalue weighted by Crippen LogP contribution is 2.29. The summed E-state index contributed by atoms with van der Waals surface area (Å²) in [6, 6.07) is 5.49. The second-order valence-electron chi connectivity index (χ2n) is 5.46. The molecule has 0 aliphatic carbocycles. The van der Waals surface area contributed by atoms with Crippen LogP contribution in [0.4, 0.5) is 16.3 Å². The SMILES string of the molecule is C=CC(=O)Nc1ccc2c(N3CCC(OC(N)=O)C3)nncc2c1. The normalized spacial score (nSPS) is 16.8. The van der Waals surface area contributed by atoms with Gasteiger partial charge in [-0.3, -0.25) is 4.79 Å². The number of carbonyl (C=O) groups is 2. The van der Waals surface area contributed by atoms with Gasteiger partial charge < -0.3 is 20.7 Å². The van der Waals surface area contributed by atoms with Crippen LogP contribution in [0.1, 0.15) is 6.42 Å². The van der Waals surface area contributed by atoms with E-state index < -0.39 is 6.09 Å². The number of aromatic nitrogens is 2. The van der Waals surface area contributed by atoms with Gasteiger partial charge in [0.25, 0.3) is 0 Å². The Labute approximate surface area is 138 Å². The minimum atomic E-state index is -0.770. The molecular weight excluding hydrogens is 310 g/mol. The molecule has 1 unspecified atom stereocenters. The highest BCUT2D eigenvalue weighted by atomic mass is 16.6. The third kappa shape index (κ3) is 3.27. The summed E-state index contributed by atoms with van der Waals surface area (Å²) in [7, 11) is 0. The van der Waals surface area contributed by atoms with E-state index in [0.29, 0.717) is 31.0 Å². The molecule has 1 aromatic heterocycles. The van der Waals surface area contributed by atoms with E-state index in [1.165, 1.54) is 6.08 Å². The largest absolute Gasteiger partial charge is 0.444 e. The highest BCUT2D eigenvalue weighted by molar-refractivity contribution is 6.01. The minimum Gasteiger partial charge on any atom is -0.444 e. The Morgan fingerprint density at radius 2 is 2.29 bits per heavy atom. The zero-order valence-corrected chi connectivity index (χ0v) is 12.9. The summed E-state index contributed by atoms with van der Waals surface area (Å²) in [6.07, 6.45) is 2.52. The van der Waals surface area contributed by atoms with E-state index in [-0.39, 0.29) is 12.0 Å². The van der Waals surface area contributed by atoms with Crippen LogP contribution in [-0.4, -0.2) is 41.4 Å². The zero-order chi connectivity index (χ0) is 17.1. The molecule has 2 amide bonds. The average Bonchev–Trinajstić information content (AvgIpc) is 3.01. The topological polar surface area (TPSA) is 110 Å². The number of ether oxygens (including phenoxy) is 1. The predicted octanol–water partition coefficient (Wildman–Crippen LogP) is 1.43. The lowest BCUT2D eigenvalue weighted by Gasteiger charge is -2.18. The maximum atomic E-state index is 11.4. The Morgan fingerprint density at radius 1 is 1.46 bits per heavy atom. The van der Waals surface area contributed by atoms with E-state index in [1.54, 1.807) is 12.3 Å². The number of nitrogens with one attached hydrogen (secondary N) is 1. The molecular formula is C16H17N5O3. The number of hydrogen-bond donors (Lipinski definition) is 2. The summed E-state index contributed by atoms with van der Waals surface area (Å²) in [5.41, 5.74) is 5.72. The Morgan fingerprint density at radius 3 is 3.04 bits per heavy atom. The first-order chi connectivity index (χ1) is 11.6. The lowest BCUT2D eigenvalue weighted by molar-refractivity contribution is -0.111. The van der Waals surface area contributed by atoms with Crippen LogP contribution in [0, 0.1) is 0 Å². The molecule has 3 rings (SSSR count). The van der Waals surface area contributed by atoms with Crippen molar-refractivity contribution in [2.45, 2.75) is 12.5 Å². The van der Waals surface area contributed by atoms with Crippen LogP contribution < -0.4 is 16.0 Å². The number of carbonyl (C=O) groups excluding carboxylic acids is 2. The Bertz CT molecular complexity index is 807. The van der Waals surface area contributed by atoms with Gasteiger partial charge in [-0.15, -0.1) is 5.10 Å². The van der Waals surface area contributed by atoms with Crippen LogP contribution in [0.5, 0.6) is 0 Å².